The minimum absolute atomic E-state index is 0.175. The van der Waals surface area contributed by atoms with Gasteiger partial charge in [-0.25, -0.2) is 4.98 Å². The number of imidazole rings is 1. The van der Waals surface area contributed by atoms with Crippen LogP contribution in [0.5, 0.6) is 0 Å². The number of aliphatic hydroxyl groups is 1. The first-order valence-corrected chi connectivity index (χ1v) is 5.85. The maximum atomic E-state index is 10.4. The molecule has 0 amide bonds. The number of hydrogen-bond acceptors (Lipinski definition) is 3. The van der Waals surface area contributed by atoms with E-state index in [0.29, 0.717) is 12.2 Å². The molecule has 0 atom stereocenters. The van der Waals surface area contributed by atoms with E-state index in [-0.39, 0.29) is 5.54 Å². The van der Waals surface area contributed by atoms with Crippen LogP contribution < -0.4 is 5.73 Å². The molecule has 16 heavy (non-hydrogen) atoms. The summed E-state index contributed by atoms with van der Waals surface area (Å²) in [5.41, 5.74) is 4.83. The van der Waals surface area contributed by atoms with Crippen LogP contribution in [0.15, 0.2) is 12.5 Å². The Morgan fingerprint density at radius 3 is 2.31 bits per heavy atom. The monoisotopic (exact) mass is 225 g/mol. The molecule has 0 aliphatic heterocycles. The van der Waals surface area contributed by atoms with Gasteiger partial charge in [-0.1, -0.05) is 13.8 Å². The summed E-state index contributed by atoms with van der Waals surface area (Å²) >= 11 is 0. The number of anilines is 1. The molecule has 92 valence electrons. The number of rotatable bonds is 5. The van der Waals surface area contributed by atoms with Gasteiger partial charge >= 0.3 is 0 Å². The van der Waals surface area contributed by atoms with Crippen molar-refractivity contribution < 1.29 is 5.11 Å². The van der Waals surface area contributed by atoms with Crippen LogP contribution in [0.1, 0.15) is 47.0 Å². The molecule has 0 aliphatic rings. The third-order valence-corrected chi connectivity index (χ3v) is 3.38. The van der Waals surface area contributed by atoms with Crippen LogP contribution >= 0.6 is 0 Å². The average Bonchev–Trinajstić information content (AvgIpc) is 2.65. The molecule has 3 N–H and O–H groups in total. The molecule has 0 saturated heterocycles. The predicted octanol–water partition coefficient (Wildman–Crippen LogP) is 2.14. The van der Waals surface area contributed by atoms with Crippen molar-refractivity contribution in [2.75, 3.05) is 5.73 Å². The molecule has 0 bridgehead atoms. The quantitative estimate of drug-likeness (QED) is 0.807. The van der Waals surface area contributed by atoms with Crippen molar-refractivity contribution in [1.29, 1.82) is 0 Å². The van der Waals surface area contributed by atoms with E-state index in [2.05, 4.69) is 18.8 Å². The van der Waals surface area contributed by atoms with Crippen molar-refractivity contribution in [3.05, 3.63) is 12.5 Å². The van der Waals surface area contributed by atoms with E-state index >= 15 is 0 Å². The van der Waals surface area contributed by atoms with Crippen LogP contribution in [0.25, 0.3) is 0 Å². The molecule has 0 radical (unpaired) electrons. The fraction of sp³-hybridized carbons (Fsp3) is 0.750. The summed E-state index contributed by atoms with van der Waals surface area (Å²) in [4.78, 5) is 4.02. The Labute approximate surface area is 97.5 Å². The Hall–Kier alpha value is -1.03. The van der Waals surface area contributed by atoms with Crippen LogP contribution in [-0.4, -0.2) is 20.3 Å². The largest absolute Gasteiger partial charge is 0.390 e. The molecule has 1 heterocycles. The Morgan fingerprint density at radius 2 is 1.94 bits per heavy atom. The molecule has 0 aliphatic carbocycles. The third-order valence-electron chi connectivity index (χ3n) is 3.38. The number of nitrogen functional groups attached to an aromatic ring is 1. The first kappa shape index (κ1) is 13.0. The van der Waals surface area contributed by atoms with Gasteiger partial charge in [-0.05, 0) is 33.1 Å². The molecular weight excluding hydrogens is 202 g/mol. The van der Waals surface area contributed by atoms with E-state index in [1.165, 1.54) is 0 Å². The predicted molar refractivity (Wildman–Crippen MR) is 66.1 cm³/mol. The molecule has 0 spiro atoms. The summed E-state index contributed by atoms with van der Waals surface area (Å²) in [6.45, 7) is 8.21. The minimum atomic E-state index is -0.609. The zero-order valence-corrected chi connectivity index (χ0v) is 10.7. The third kappa shape index (κ3) is 2.76. The molecule has 0 unspecified atom stereocenters. The highest BCUT2D eigenvalue weighted by Crippen LogP contribution is 2.31. The van der Waals surface area contributed by atoms with Crippen molar-refractivity contribution in [2.24, 2.45) is 0 Å². The fourth-order valence-corrected chi connectivity index (χ4v) is 2.07. The lowest BCUT2D eigenvalue weighted by Crippen LogP contribution is -2.38. The zero-order chi connectivity index (χ0) is 12.4. The summed E-state index contributed by atoms with van der Waals surface area (Å²) in [6, 6.07) is 0. The Kier molecular flexibility index (Phi) is 3.63. The fourth-order valence-electron chi connectivity index (χ4n) is 2.07. The molecule has 0 aromatic carbocycles. The second-order valence-electron chi connectivity index (χ2n) is 5.13. The number of nitrogens with two attached hydrogens (primary N) is 1. The Morgan fingerprint density at radius 1 is 1.38 bits per heavy atom. The van der Waals surface area contributed by atoms with Gasteiger partial charge in [0.2, 0.25) is 0 Å². The summed E-state index contributed by atoms with van der Waals surface area (Å²) in [5.74, 6) is 0.518. The summed E-state index contributed by atoms with van der Waals surface area (Å²) in [6.07, 6.45) is 5.75. The van der Waals surface area contributed by atoms with Crippen molar-refractivity contribution in [3.8, 4) is 0 Å². The molecule has 1 aromatic heterocycles. The van der Waals surface area contributed by atoms with Gasteiger partial charge < -0.3 is 15.4 Å². The van der Waals surface area contributed by atoms with E-state index in [1.807, 2.05) is 24.6 Å². The van der Waals surface area contributed by atoms with Gasteiger partial charge in [-0.15, -0.1) is 0 Å². The topological polar surface area (TPSA) is 64.1 Å². The summed E-state index contributed by atoms with van der Waals surface area (Å²) in [5, 5.41) is 10.4. The van der Waals surface area contributed by atoms with Gasteiger partial charge in [0.25, 0.3) is 0 Å². The number of aromatic nitrogens is 2. The van der Waals surface area contributed by atoms with Gasteiger partial charge in [0, 0.05) is 11.7 Å². The maximum absolute atomic E-state index is 10.4. The highest BCUT2D eigenvalue weighted by atomic mass is 16.3. The van der Waals surface area contributed by atoms with E-state index in [0.717, 1.165) is 12.8 Å². The van der Waals surface area contributed by atoms with Gasteiger partial charge in [0.1, 0.15) is 5.82 Å². The normalized spacial score (nSPS) is 13.1. The number of nitrogens with zero attached hydrogens (tertiary/aromatic N) is 2. The van der Waals surface area contributed by atoms with Gasteiger partial charge in [-0.3, -0.25) is 0 Å². The number of hydrogen-bond donors (Lipinski definition) is 2. The first-order chi connectivity index (χ1) is 7.33. The van der Waals surface area contributed by atoms with E-state index in [1.54, 1.807) is 6.33 Å². The van der Waals surface area contributed by atoms with E-state index in [9.17, 15) is 5.11 Å². The SMILES string of the molecule is CCC(O)(CC)CC(C)(C)n1cnc(N)c1. The van der Waals surface area contributed by atoms with Crippen molar-refractivity contribution in [2.45, 2.75) is 58.1 Å². The smallest absolute Gasteiger partial charge is 0.141 e. The van der Waals surface area contributed by atoms with Crippen LogP contribution in [0.2, 0.25) is 0 Å². The van der Waals surface area contributed by atoms with Crippen molar-refractivity contribution in [3.63, 3.8) is 0 Å². The molecule has 0 fully saturated rings. The molecule has 4 nitrogen and oxygen atoms in total. The minimum Gasteiger partial charge on any atom is -0.390 e. The Balaban J connectivity index is 2.86. The van der Waals surface area contributed by atoms with Crippen molar-refractivity contribution >= 4 is 5.82 Å². The van der Waals surface area contributed by atoms with Crippen LogP contribution in [0.4, 0.5) is 5.82 Å². The molecule has 1 aromatic rings. The first-order valence-electron chi connectivity index (χ1n) is 5.85. The van der Waals surface area contributed by atoms with E-state index < -0.39 is 5.60 Å². The van der Waals surface area contributed by atoms with Crippen molar-refractivity contribution in [1.82, 2.24) is 9.55 Å². The molecule has 4 heteroatoms. The van der Waals surface area contributed by atoms with Gasteiger partial charge in [0.05, 0.1) is 11.9 Å². The van der Waals surface area contributed by atoms with Crippen LogP contribution in [0.3, 0.4) is 0 Å². The molecular formula is C12H23N3O. The van der Waals surface area contributed by atoms with Gasteiger partial charge in [-0.2, -0.15) is 0 Å². The average molecular weight is 225 g/mol. The molecule has 1 rings (SSSR count). The van der Waals surface area contributed by atoms with Gasteiger partial charge in [0.15, 0.2) is 0 Å². The lowest BCUT2D eigenvalue weighted by Gasteiger charge is -2.36. The zero-order valence-electron chi connectivity index (χ0n) is 10.7. The lowest BCUT2D eigenvalue weighted by molar-refractivity contribution is -0.00629. The second-order valence-corrected chi connectivity index (χ2v) is 5.13. The highest BCUT2D eigenvalue weighted by Gasteiger charge is 2.32. The molecule has 0 saturated carbocycles. The lowest BCUT2D eigenvalue weighted by atomic mass is 9.83. The highest BCUT2D eigenvalue weighted by molar-refractivity contribution is 5.23. The standard InChI is InChI=1S/C12H23N3O/c1-5-12(16,6-2)8-11(3,4)15-7-10(13)14-9-15/h7,9,16H,5-6,8,13H2,1-4H3. The summed E-state index contributed by atoms with van der Waals surface area (Å²) in [7, 11) is 0. The van der Waals surface area contributed by atoms with Crippen LogP contribution in [-0.2, 0) is 5.54 Å². The summed E-state index contributed by atoms with van der Waals surface area (Å²) < 4.78 is 1.97. The Bertz CT molecular complexity index is 340. The maximum Gasteiger partial charge on any atom is 0.141 e. The van der Waals surface area contributed by atoms with E-state index in [4.69, 9.17) is 5.73 Å². The van der Waals surface area contributed by atoms with Crippen LogP contribution in [0, 0.1) is 0 Å². The second kappa shape index (κ2) is 4.45.